The Morgan fingerprint density at radius 3 is 2.45 bits per heavy atom. The van der Waals surface area contributed by atoms with Gasteiger partial charge in [0.15, 0.2) is 0 Å². The summed E-state index contributed by atoms with van der Waals surface area (Å²) in [6.45, 7) is 13.0. The molecule has 1 amide bonds. The number of ether oxygens (including phenoxy) is 2. The van der Waals surface area contributed by atoms with Crippen LogP contribution in [0.5, 0.6) is 0 Å². The maximum Gasteiger partial charge on any atom is 0.410 e. The van der Waals surface area contributed by atoms with Crippen LogP contribution in [-0.2, 0) is 9.47 Å². The van der Waals surface area contributed by atoms with Crippen molar-refractivity contribution < 1.29 is 14.3 Å². The van der Waals surface area contributed by atoms with Crippen LogP contribution in [0, 0.1) is 0 Å². The maximum atomic E-state index is 12.4. The van der Waals surface area contributed by atoms with Gasteiger partial charge in [-0.05, 0) is 51.8 Å². The lowest BCUT2D eigenvalue weighted by molar-refractivity contribution is 0.0204. The minimum absolute atomic E-state index is 0.222. The Labute approximate surface area is 196 Å². The number of hydrogen-bond donors (Lipinski definition) is 0. The highest BCUT2D eigenvalue weighted by Gasteiger charge is 2.29. The Hall–Kier alpha value is -2.45. The number of methoxy groups -OCH3 is 1. The molecule has 2 aromatic rings. The van der Waals surface area contributed by atoms with Crippen molar-refractivity contribution in [2.24, 2.45) is 0 Å². The van der Waals surface area contributed by atoms with Gasteiger partial charge in [0.05, 0.1) is 17.8 Å². The average Bonchev–Trinajstić information content (AvgIpc) is 2.81. The molecule has 180 valence electrons. The predicted octanol–water partition coefficient (Wildman–Crippen LogP) is 3.51. The van der Waals surface area contributed by atoms with Crippen LogP contribution in [0.2, 0.25) is 0 Å². The molecule has 4 rings (SSSR count). The van der Waals surface area contributed by atoms with E-state index in [0.29, 0.717) is 19.0 Å². The Kier molecular flexibility index (Phi) is 7.34. The zero-order valence-electron chi connectivity index (χ0n) is 20.4. The number of rotatable bonds is 5. The van der Waals surface area contributed by atoms with Crippen molar-refractivity contribution in [1.29, 1.82) is 0 Å². The minimum Gasteiger partial charge on any atom is -0.444 e. The monoisotopic (exact) mass is 455 g/mol. The molecule has 2 fully saturated rings. The van der Waals surface area contributed by atoms with Gasteiger partial charge in [-0.1, -0.05) is 0 Å². The number of carbonyl (C=O) groups excluding carboxylic acids is 1. The van der Waals surface area contributed by atoms with Crippen LogP contribution in [0.1, 0.15) is 45.2 Å². The number of benzene rings is 1. The van der Waals surface area contributed by atoms with Gasteiger partial charge in [0, 0.05) is 69.9 Å². The summed E-state index contributed by atoms with van der Waals surface area (Å²) in [6.07, 6.45) is 3.23. The molecule has 8 heteroatoms. The van der Waals surface area contributed by atoms with Crippen molar-refractivity contribution in [2.45, 2.75) is 45.1 Å². The predicted molar refractivity (Wildman–Crippen MR) is 130 cm³/mol. The van der Waals surface area contributed by atoms with E-state index in [9.17, 15) is 4.79 Å². The van der Waals surface area contributed by atoms with Crippen molar-refractivity contribution in [1.82, 2.24) is 19.8 Å². The van der Waals surface area contributed by atoms with Gasteiger partial charge in [0.2, 0.25) is 0 Å². The van der Waals surface area contributed by atoms with Crippen molar-refractivity contribution in [3.05, 3.63) is 30.2 Å². The van der Waals surface area contributed by atoms with E-state index in [0.717, 1.165) is 68.8 Å². The molecule has 1 aromatic carbocycles. The minimum atomic E-state index is -0.467. The van der Waals surface area contributed by atoms with E-state index in [4.69, 9.17) is 9.47 Å². The molecule has 0 atom stereocenters. The third kappa shape index (κ3) is 5.92. The molecule has 8 nitrogen and oxygen atoms in total. The van der Waals surface area contributed by atoms with E-state index in [1.165, 1.54) is 5.69 Å². The normalized spacial score (nSPS) is 18.7. The number of piperidine rings is 1. The topological polar surface area (TPSA) is 71.0 Å². The first-order valence-electron chi connectivity index (χ1n) is 12.0. The summed E-state index contributed by atoms with van der Waals surface area (Å²) >= 11 is 0. The molecule has 0 radical (unpaired) electrons. The number of nitrogens with zero attached hydrogens (tertiary/aromatic N) is 5. The molecule has 0 bridgehead atoms. The third-order valence-electron chi connectivity index (χ3n) is 6.53. The Balaban J connectivity index is 1.41. The van der Waals surface area contributed by atoms with Crippen molar-refractivity contribution >= 4 is 22.7 Å². The van der Waals surface area contributed by atoms with Gasteiger partial charge in [-0.15, -0.1) is 0 Å². The number of fused-ring (bicyclic) bond motifs is 1. The van der Waals surface area contributed by atoms with Crippen LogP contribution in [0.4, 0.5) is 10.5 Å². The number of anilines is 1. The fourth-order valence-electron chi connectivity index (χ4n) is 4.70. The molecule has 1 aromatic heterocycles. The first-order chi connectivity index (χ1) is 15.8. The molecule has 0 saturated carbocycles. The van der Waals surface area contributed by atoms with Crippen LogP contribution in [0.25, 0.3) is 10.9 Å². The van der Waals surface area contributed by atoms with E-state index < -0.39 is 5.60 Å². The Bertz CT molecular complexity index is 945. The average molecular weight is 456 g/mol. The summed E-state index contributed by atoms with van der Waals surface area (Å²) in [5.74, 6) is 0.323. The molecular formula is C25H37N5O3. The molecule has 0 aliphatic carbocycles. The van der Waals surface area contributed by atoms with Crippen LogP contribution in [0.15, 0.2) is 24.5 Å². The lowest BCUT2D eigenvalue weighted by atomic mass is 9.91. The SMILES string of the molecule is COCCN1CCN(c2ccc3c(C4CCN(C(=O)OC(C)(C)C)CC4)ncnc3c2)CC1. The van der Waals surface area contributed by atoms with Gasteiger partial charge >= 0.3 is 6.09 Å². The van der Waals surface area contributed by atoms with Crippen LogP contribution < -0.4 is 4.90 Å². The first-order valence-corrected chi connectivity index (χ1v) is 12.0. The van der Waals surface area contributed by atoms with Crippen LogP contribution in [-0.4, -0.2) is 91.0 Å². The lowest BCUT2D eigenvalue weighted by Gasteiger charge is -2.36. The molecule has 0 spiro atoms. The molecule has 3 heterocycles. The summed E-state index contributed by atoms with van der Waals surface area (Å²) in [5, 5.41) is 1.12. The van der Waals surface area contributed by atoms with Crippen LogP contribution >= 0.6 is 0 Å². The van der Waals surface area contributed by atoms with Crippen molar-refractivity contribution in [3.8, 4) is 0 Å². The first kappa shape index (κ1) is 23.7. The summed E-state index contributed by atoms with van der Waals surface area (Å²) in [5.41, 5.74) is 2.84. The molecule has 0 unspecified atom stereocenters. The fourth-order valence-corrected chi connectivity index (χ4v) is 4.70. The highest BCUT2D eigenvalue weighted by molar-refractivity contribution is 5.84. The smallest absolute Gasteiger partial charge is 0.410 e. The zero-order chi connectivity index (χ0) is 23.4. The second-order valence-electron chi connectivity index (χ2n) is 10.0. The zero-order valence-corrected chi connectivity index (χ0v) is 20.4. The number of likely N-dealkylation sites (tertiary alicyclic amines) is 1. The molecule has 2 saturated heterocycles. The molecule has 2 aliphatic heterocycles. The summed E-state index contributed by atoms with van der Waals surface area (Å²) < 4.78 is 10.7. The summed E-state index contributed by atoms with van der Waals surface area (Å²) in [4.78, 5) is 28.3. The Morgan fingerprint density at radius 1 is 1.06 bits per heavy atom. The quantitative estimate of drug-likeness (QED) is 0.683. The van der Waals surface area contributed by atoms with E-state index in [1.807, 2.05) is 25.7 Å². The molecule has 33 heavy (non-hydrogen) atoms. The highest BCUT2D eigenvalue weighted by Crippen LogP contribution is 2.33. The largest absolute Gasteiger partial charge is 0.444 e. The van der Waals surface area contributed by atoms with Gasteiger partial charge in [-0.3, -0.25) is 4.90 Å². The number of piperazine rings is 1. The number of carbonyl (C=O) groups is 1. The van der Waals surface area contributed by atoms with Crippen molar-refractivity contribution in [3.63, 3.8) is 0 Å². The lowest BCUT2D eigenvalue weighted by Crippen LogP contribution is -2.47. The van der Waals surface area contributed by atoms with Gasteiger partial charge in [-0.2, -0.15) is 0 Å². The van der Waals surface area contributed by atoms with E-state index >= 15 is 0 Å². The summed E-state index contributed by atoms with van der Waals surface area (Å²) in [6, 6.07) is 6.58. The molecular weight excluding hydrogens is 418 g/mol. The number of hydrogen-bond acceptors (Lipinski definition) is 7. The standard InChI is InChI=1S/C25H37N5O3/c1-25(2,3)33-24(31)30-9-7-19(8-10-30)23-21-6-5-20(17-22(21)26-18-27-23)29-13-11-28(12-14-29)15-16-32-4/h5-6,17-19H,7-16H2,1-4H3. The fraction of sp³-hybridized carbons (Fsp3) is 0.640. The van der Waals surface area contributed by atoms with Gasteiger partial charge in [0.1, 0.15) is 11.9 Å². The third-order valence-corrected chi connectivity index (χ3v) is 6.53. The second-order valence-corrected chi connectivity index (χ2v) is 10.0. The Morgan fingerprint density at radius 2 is 1.79 bits per heavy atom. The van der Waals surface area contributed by atoms with E-state index in [2.05, 4.69) is 38.0 Å². The maximum absolute atomic E-state index is 12.4. The summed E-state index contributed by atoms with van der Waals surface area (Å²) in [7, 11) is 1.76. The second kappa shape index (κ2) is 10.2. The van der Waals surface area contributed by atoms with Gasteiger partial charge < -0.3 is 19.3 Å². The molecule has 0 N–H and O–H groups in total. The van der Waals surface area contributed by atoms with Crippen LogP contribution in [0.3, 0.4) is 0 Å². The molecule has 2 aliphatic rings. The van der Waals surface area contributed by atoms with Gasteiger partial charge in [-0.25, -0.2) is 14.8 Å². The van der Waals surface area contributed by atoms with E-state index in [-0.39, 0.29) is 6.09 Å². The van der Waals surface area contributed by atoms with Crippen molar-refractivity contribution in [2.75, 3.05) is 64.4 Å². The van der Waals surface area contributed by atoms with E-state index in [1.54, 1.807) is 13.4 Å². The number of amides is 1. The highest BCUT2D eigenvalue weighted by atomic mass is 16.6. The van der Waals surface area contributed by atoms with Gasteiger partial charge in [0.25, 0.3) is 0 Å². The number of aromatic nitrogens is 2.